The van der Waals surface area contributed by atoms with E-state index in [2.05, 4.69) is 102 Å². The molecule has 0 amide bonds. The third-order valence-corrected chi connectivity index (χ3v) is 8.37. The van der Waals surface area contributed by atoms with Crippen molar-refractivity contribution in [2.75, 3.05) is 36.1 Å². The molecule has 0 aliphatic carbocycles. The molecule has 2 fully saturated rings. The number of pyridine rings is 1. The van der Waals surface area contributed by atoms with E-state index in [4.69, 9.17) is 21.9 Å². The van der Waals surface area contributed by atoms with Crippen LogP contribution < -0.4 is 15.1 Å². The first-order valence-electron chi connectivity index (χ1n) is 13.6. The molecule has 39 heavy (non-hydrogen) atoms. The molecule has 2 saturated heterocycles. The van der Waals surface area contributed by atoms with Gasteiger partial charge in [0.2, 0.25) is 0 Å². The van der Waals surface area contributed by atoms with Crippen molar-refractivity contribution in [3.63, 3.8) is 0 Å². The highest BCUT2D eigenvalue weighted by Crippen LogP contribution is 2.44. The molecule has 2 aliphatic rings. The van der Waals surface area contributed by atoms with Crippen molar-refractivity contribution in [3.8, 4) is 5.69 Å². The zero-order valence-electron chi connectivity index (χ0n) is 23.0. The molecule has 2 aromatic carbocycles. The van der Waals surface area contributed by atoms with Gasteiger partial charge in [0.15, 0.2) is 5.11 Å². The van der Waals surface area contributed by atoms with E-state index in [1.807, 2.05) is 18.3 Å². The summed E-state index contributed by atoms with van der Waals surface area (Å²) in [5.74, 6) is 0. The fraction of sp³-hybridized carbons (Fsp3) is 0.312. The zero-order valence-corrected chi connectivity index (χ0v) is 23.8. The van der Waals surface area contributed by atoms with Crippen LogP contribution in [0.15, 0.2) is 72.9 Å². The van der Waals surface area contributed by atoms with E-state index in [1.165, 1.54) is 39.5 Å². The maximum atomic E-state index is 6.01. The van der Waals surface area contributed by atoms with Crippen LogP contribution in [0.4, 0.5) is 11.4 Å². The normalized spacial score (nSPS) is 19.4. The lowest BCUT2D eigenvalue weighted by Gasteiger charge is -2.31. The van der Waals surface area contributed by atoms with Gasteiger partial charge in [-0.2, -0.15) is 0 Å². The number of nitrogens with one attached hydrogen (secondary N) is 1. The number of morpholine rings is 1. The fourth-order valence-electron chi connectivity index (χ4n) is 6.18. The Balaban J connectivity index is 1.46. The van der Waals surface area contributed by atoms with E-state index < -0.39 is 0 Å². The average molecular weight is 538 g/mol. The van der Waals surface area contributed by atoms with E-state index in [0.29, 0.717) is 5.11 Å². The SMILES string of the molecule is Cc1cccc(C)c1-n1c(C)cc([C@H]2[C@@H](c3ccccn3)NC(=S)N2c2ccc(N3CCOCC3)cc2)c1C. The van der Waals surface area contributed by atoms with Gasteiger partial charge in [-0.15, -0.1) is 0 Å². The molecule has 0 spiro atoms. The number of ether oxygens (including phenoxy) is 1. The lowest BCUT2D eigenvalue weighted by Crippen LogP contribution is -2.36. The lowest BCUT2D eigenvalue weighted by molar-refractivity contribution is 0.122. The van der Waals surface area contributed by atoms with E-state index in [9.17, 15) is 0 Å². The van der Waals surface area contributed by atoms with Gasteiger partial charge in [0, 0.05) is 42.0 Å². The van der Waals surface area contributed by atoms with Crippen LogP contribution in [0.2, 0.25) is 0 Å². The second-order valence-corrected chi connectivity index (χ2v) is 10.9. The number of hydrogen-bond acceptors (Lipinski definition) is 4. The van der Waals surface area contributed by atoms with Crippen LogP contribution in [0.25, 0.3) is 5.69 Å². The average Bonchev–Trinajstić information content (AvgIpc) is 3.45. The van der Waals surface area contributed by atoms with E-state index in [-0.39, 0.29) is 12.1 Å². The molecule has 6 nitrogen and oxygen atoms in total. The summed E-state index contributed by atoms with van der Waals surface area (Å²) in [6.45, 7) is 12.2. The van der Waals surface area contributed by atoms with E-state index >= 15 is 0 Å². The molecule has 4 heterocycles. The molecule has 6 rings (SSSR count). The van der Waals surface area contributed by atoms with Gasteiger partial charge >= 0.3 is 0 Å². The van der Waals surface area contributed by atoms with Crippen LogP contribution in [-0.2, 0) is 4.74 Å². The number of rotatable bonds is 5. The number of nitrogens with zero attached hydrogens (tertiary/aromatic N) is 4. The summed E-state index contributed by atoms with van der Waals surface area (Å²) in [7, 11) is 0. The summed E-state index contributed by atoms with van der Waals surface area (Å²) in [5.41, 5.74) is 10.7. The summed E-state index contributed by atoms with van der Waals surface area (Å²) in [6, 6.07) is 23.6. The molecule has 2 aliphatic heterocycles. The third-order valence-electron chi connectivity index (χ3n) is 8.05. The van der Waals surface area contributed by atoms with Crippen molar-refractivity contribution in [3.05, 3.63) is 107 Å². The first-order chi connectivity index (χ1) is 18.9. The summed E-state index contributed by atoms with van der Waals surface area (Å²) in [4.78, 5) is 9.39. The molecule has 200 valence electrons. The Morgan fingerprint density at radius 2 is 1.56 bits per heavy atom. The highest BCUT2D eigenvalue weighted by atomic mass is 32.1. The predicted octanol–water partition coefficient (Wildman–Crippen LogP) is 6.12. The van der Waals surface area contributed by atoms with Crippen molar-refractivity contribution in [2.24, 2.45) is 0 Å². The van der Waals surface area contributed by atoms with E-state index in [0.717, 1.165) is 37.7 Å². The quantitative estimate of drug-likeness (QED) is 0.310. The molecule has 0 bridgehead atoms. The second-order valence-electron chi connectivity index (χ2n) is 10.5. The number of anilines is 2. The van der Waals surface area contributed by atoms with Crippen molar-refractivity contribution >= 4 is 28.7 Å². The number of benzene rings is 2. The molecule has 1 N–H and O–H groups in total. The number of hydrogen-bond donors (Lipinski definition) is 1. The van der Waals surface area contributed by atoms with Crippen molar-refractivity contribution in [1.82, 2.24) is 14.9 Å². The summed E-state index contributed by atoms with van der Waals surface area (Å²) in [5, 5.41) is 4.34. The molecular weight excluding hydrogens is 502 g/mol. The molecule has 7 heteroatoms. The Labute approximate surface area is 236 Å². The molecule has 2 aromatic heterocycles. The van der Waals surface area contributed by atoms with Gasteiger partial charge in [0.25, 0.3) is 0 Å². The standard InChI is InChI=1S/C32H35N5OS/c1-21-8-7-9-22(2)30(21)36-23(3)20-27(24(36)4)31-29(28-10-5-6-15-33-28)34-32(39)37(31)26-13-11-25(12-14-26)35-16-18-38-19-17-35/h5-15,20,29,31H,16-19H2,1-4H3,(H,34,39)/t29-,31+/m1/s1. The zero-order chi connectivity index (χ0) is 27.1. The first-order valence-corrected chi connectivity index (χ1v) is 14.0. The first kappa shape index (κ1) is 25.6. The highest BCUT2D eigenvalue weighted by molar-refractivity contribution is 7.80. The van der Waals surface area contributed by atoms with Crippen LogP contribution in [0.1, 0.15) is 45.9 Å². The van der Waals surface area contributed by atoms with Gasteiger partial charge in [-0.25, -0.2) is 0 Å². The summed E-state index contributed by atoms with van der Waals surface area (Å²) < 4.78 is 7.94. The lowest BCUT2D eigenvalue weighted by atomic mass is 9.96. The number of thiocarbonyl (C=S) groups is 1. The smallest absolute Gasteiger partial charge is 0.174 e. The number of aryl methyl sites for hydroxylation is 3. The van der Waals surface area contributed by atoms with Crippen molar-refractivity contribution < 1.29 is 4.74 Å². The van der Waals surface area contributed by atoms with Crippen LogP contribution in [0.5, 0.6) is 0 Å². The second kappa shape index (κ2) is 10.5. The van der Waals surface area contributed by atoms with Crippen LogP contribution in [-0.4, -0.2) is 41.0 Å². The molecule has 2 atom stereocenters. The maximum absolute atomic E-state index is 6.01. The number of aromatic nitrogens is 2. The third kappa shape index (κ3) is 4.60. The minimum atomic E-state index is -0.0791. The maximum Gasteiger partial charge on any atom is 0.174 e. The van der Waals surface area contributed by atoms with Gasteiger partial charge in [-0.3, -0.25) is 4.98 Å². The monoisotopic (exact) mass is 537 g/mol. The molecular formula is C32H35N5OS. The Morgan fingerprint density at radius 3 is 2.23 bits per heavy atom. The van der Waals surface area contributed by atoms with Gasteiger partial charge in [-0.05, 0) is 99.1 Å². The van der Waals surface area contributed by atoms with Crippen LogP contribution >= 0.6 is 12.2 Å². The Kier molecular flexibility index (Phi) is 6.87. The number of para-hydroxylation sites is 1. The van der Waals surface area contributed by atoms with Crippen LogP contribution in [0.3, 0.4) is 0 Å². The largest absolute Gasteiger partial charge is 0.378 e. The van der Waals surface area contributed by atoms with Crippen molar-refractivity contribution in [2.45, 2.75) is 39.8 Å². The minimum Gasteiger partial charge on any atom is -0.378 e. The summed E-state index contributed by atoms with van der Waals surface area (Å²) in [6.07, 6.45) is 1.86. The van der Waals surface area contributed by atoms with Crippen molar-refractivity contribution in [1.29, 1.82) is 0 Å². The van der Waals surface area contributed by atoms with Crippen LogP contribution in [0, 0.1) is 27.7 Å². The topological polar surface area (TPSA) is 45.6 Å². The van der Waals surface area contributed by atoms with E-state index in [1.54, 1.807) is 0 Å². The molecule has 4 aromatic rings. The Morgan fingerprint density at radius 1 is 0.872 bits per heavy atom. The summed E-state index contributed by atoms with van der Waals surface area (Å²) >= 11 is 6.01. The molecule has 0 radical (unpaired) electrons. The van der Waals surface area contributed by atoms with Gasteiger partial charge in [0.1, 0.15) is 0 Å². The van der Waals surface area contributed by atoms with Gasteiger partial charge in [0.05, 0.1) is 36.7 Å². The minimum absolute atomic E-state index is 0.0501. The molecule has 0 saturated carbocycles. The van der Waals surface area contributed by atoms with Gasteiger partial charge < -0.3 is 24.4 Å². The Bertz CT molecular complexity index is 1470. The van der Waals surface area contributed by atoms with Gasteiger partial charge in [-0.1, -0.05) is 24.3 Å². The highest BCUT2D eigenvalue weighted by Gasteiger charge is 2.42. The molecule has 0 unspecified atom stereocenters. The Hall–Kier alpha value is -3.68. The predicted molar refractivity (Wildman–Crippen MR) is 162 cm³/mol. The fourth-order valence-corrected chi connectivity index (χ4v) is 6.53.